The molecule has 1 aliphatic rings. The molecule has 1 aliphatic heterocycles. The zero-order valence-corrected chi connectivity index (χ0v) is 11.2. The van der Waals surface area contributed by atoms with Crippen molar-refractivity contribution in [3.8, 4) is 0 Å². The number of nitrogens with one attached hydrogen (secondary N) is 1. The van der Waals surface area contributed by atoms with Gasteiger partial charge in [0.05, 0.1) is 6.10 Å². The Bertz CT molecular complexity index is 237. The molecule has 1 rings (SSSR count). The second kappa shape index (κ2) is 6.43. The van der Waals surface area contributed by atoms with Crippen molar-refractivity contribution in [3.63, 3.8) is 0 Å². The highest BCUT2D eigenvalue weighted by molar-refractivity contribution is 7.54. The Kier molecular flexibility index (Phi) is 5.90. The molecule has 7 heteroatoms. The third-order valence-electron chi connectivity index (χ3n) is 2.24. The van der Waals surface area contributed by atoms with Crippen LogP contribution < -0.4 is 5.09 Å². The van der Waals surface area contributed by atoms with E-state index in [4.69, 9.17) is 27.7 Å². The SMILES string of the molecule is C[C@@H]1CCNP(=O)(N(CCCl)CCCl)O1. The second-order valence-electron chi connectivity index (χ2n) is 3.46. The van der Waals surface area contributed by atoms with Crippen LogP contribution in [0.15, 0.2) is 0 Å². The summed E-state index contributed by atoms with van der Waals surface area (Å²) >= 11 is 11.3. The summed E-state index contributed by atoms with van der Waals surface area (Å²) in [6.07, 6.45) is 0.893. The number of halogens is 2. The van der Waals surface area contributed by atoms with Gasteiger partial charge in [-0.15, -0.1) is 23.2 Å². The summed E-state index contributed by atoms with van der Waals surface area (Å²) < 4.78 is 19.6. The van der Waals surface area contributed by atoms with Crippen LogP contribution in [0, 0.1) is 0 Å². The molecule has 0 aromatic carbocycles. The molecule has 1 unspecified atom stereocenters. The highest BCUT2D eigenvalue weighted by Crippen LogP contribution is 2.49. The molecule has 0 amide bonds. The van der Waals surface area contributed by atoms with Crippen molar-refractivity contribution in [2.75, 3.05) is 31.4 Å². The largest absolute Gasteiger partial charge is 0.343 e. The van der Waals surface area contributed by atoms with Gasteiger partial charge in [0.25, 0.3) is 0 Å². The maximum atomic E-state index is 12.4. The van der Waals surface area contributed by atoms with Gasteiger partial charge in [0.1, 0.15) is 0 Å². The van der Waals surface area contributed by atoms with Gasteiger partial charge in [-0.3, -0.25) is 4.57 Å². The van der Waals surface area contributed by atoms with Crippen LogP contribution in [0.2, 0.25) is 0 Å². The van der Waals surface area contributed by atoms with E-state index in [0.717, 1.165) is 6.42 Å². The maximum Gasteiger partial charge on any atom is 0.343 e. The molecule has 0 spiro atoms. The Morgan fingerprint density at radius 3 is 2.53 bits per heavy atom. The minimum absolute atomic E-state index is 0.0187. The average Bonchev–Trinajstić information content (AvgIpc) is 2.17. The number of alkyl halides is 2. The molecular weight excluding hydrogens is 258 g/mol. The van der Waals surface area contributed by atoms with Gasteiger partial charge in [-0.05, 0) is 13.3 Å². The fraction of sp³-hybridized carbons (Fsp3) is 1.00. The third-order valence-corrected chi connectivity index (χ3v) is 4.99. The molecule has 1 saturated heterocycles. The van der Waals surface area contributed by atoms with Crippen LogP contribution >= 0.6 is 30.9 Å². The lowest BCUT2D eigenvalue weighted by atomic mass is 10.3. The third kappa shape index (κ3) is 3.88. The summed E-state index contributed by atoms with van der Waals surface area (Å²) in [7, 11) is -2.90. The highest BCUT2D eigenvalue weighted by Gasteiger charge is 2.35. The van der Waals surface area contributed by atoms with Crippen LogP contribution in [0.3, 0.4) is 0 Å². The van der Waals surface area contributed by atoms with Crippen LogP contribution in [-0.2, 0) is 9.09 Å². The lowest BCUT2D eigenvalue weighted by molar-refractivity contribution is 0.162. The van der Waals surface area contributed by atoms with E-state index in [9.17, 15) is 4.57 Å². The maximum absolute atomic E-state index is 12.4. The smallest absolute Gasteiger partial charge is 0.303 e. The van der Waals surface area contributed by atoms with Gasteiger partial charge in [0, 0.05) is 31.4 Å². The highest BCUT2D eigenvalue weighted by atomic mass is 35.5. The molecule has 90 valence electrons. The van der Waals surface area contributed by atoms with Gasteiger partial charge in [-0.1, -0.05) is 0 Å². The van der Waals surface area contributed by atoms with Crippen LogP contribution in [0.1, 0.15) is 13.3 Å². The van der Waals surface area contributed by atoms with Gasteiger partial charge >= 0.3 is 7.67 Å². The Hall–Kier alpha value is 0.690. The summed E-state index contributed by atoms with van der Waals surface area (Å²) in [5.41, 5.74) is 0. The number of rotatable bonds is 5. The Morgan fingerprint density at radius 2 is 2.07 bits per heavy atom. The van der Waals surface area contributed by atoms with E-state index in [2.05, 4.69) is 5.09 Å². The van der Waals surface area contributed by atoms with E-state index in [0.29, 0.717) is 31.4 Å². The topological polar surface area (TPSA) is 41.6 Å². The summed E-state index contributed by atoms with van der Waals surface area (Å²) in [5, 5.41) is 2.94. The molecular formula is C8H17Cl2N2O2P. The molecule has 15 heavy (non-hydrogen) atoms. The van der Waals surface area contributed by atoms with Gasteiger partial charge < -0.3 is 4.52 Å². The lowest BCUT2D eigenvalue weighted by Gasteiger charge is -2.35. The van der Waals surface area contributed by atoms with E-state index in [1.54, 1.807) is 4.67 Å². The van der Waals surface area contributed by atoms with Crippen LogP contribution in [-0.4, -0.2) is 42.2 Å². The van der Waals surface area contributed by atoms with Crippen molar-refractivity contribution in [1.29, 1.82) is 0 Å². The van der Waals surface area contributed by atoms with Crippen molar-refractivity contribution in [2.24, 2.45) is 0 Å². The molecule has 0 aliphatic carbocycles. The van der Waals surface area contributed by atoms with Crippen molar-refractivity contribution < 1.29 is 9.09 Å². The molecule has 1 fully saturated rings. The molecule has 1 heterocycles. The van der Waals surface area contributed by atoms with E-state index < -0.39 is 7.67 Å². The molecule has 0 saturated carbocycles. The van der Waals surface area contributed by atoms with Crippen molar-refractivity contribution in [2.45, 2.75) is 19.4 Å². The van der Waals surface area contributed by atoms with Crippen LogP contribution in [0.25, 0.3) is 0 Å². The first kappa shape index (κ1) is 13.8. The minimum atomic E-state index is -2.90. The minimum Gasteiger partial charge on any atom is -0.303 e. The fourth-order valence-electron chi connectivity index (χ4n) is 1.48. The summed E-state index contributed by atoms with van der Waals surface area (Å²) in [6, 6.07) is 0. The molecule has 1 N–H and O–H groups in total. The number of hydrogen-bond acceptors (Lipinski definition) is 2. The zero-order valence-electron chi connectivity index (χ0n) is 8.79. The van der Waals surface area contributed by atoms with Gasteiger partial charge in [-0.2, -0.15) is 0 Å². The average molecular weight is 275 g/mol. The van der Waals surface area contributed by atoms with E-state index in [1.165, 1.54) is 0 Å². The first-order valence-corrected chi connectivity index (χ1v) is 7.68. The predicted molar refractivity (Wildman–Crippen MR) is 63.8 cm³/mol. The van der Waals surface area contributed by atoms with Crippen molar-refractivity contribution in [1.82, 2.24) is 9.76 Å². The van der Waals surface area contributed by atoms with Crippen molar-refractivity contribution in [3.05, 3.63) is 0 Å². The van der Waals surface area contributed by atoms with Gasteiger partial charge in [0.2, 0.25) is 0 Å². The molecule has 0 bridgehead atoms. The molecule has 0 aromatic rings. The fourth-order valence-corrected chi connectivity index (χ4v) is 4.26. The lowest BCUT2D eigenvalue weighted by Crippen LogP contribution is -2.38. The van der Waals surface area contributed by atoms with E-state index >= 15 is 0 Å². The van der Waals surface area contributed by atoms with E-state index in [-0.39, 0.29) is 6.10 Å². The van der Waals surface area contributed by atoms with Crippen LogP contribution in [0.4, 0.5) is 0 Å². The first-order chi connectivity index (χ1) is 7.12. The summed E-state index contributed by atoms with van der Waals surface area (Å²) in [4.78, 5) is 0. The van der Waals surface area contributed by atoms with Gasteiger partial charge in [0.15, 0.2) is 0 Å². The monoisotopic (exact) mass is 274 g/mol. The standard InChI is InChI=1S/C8H17Cl2N2O2P/c1-8-2-5-11-15(13,14-8)12(6-3-9)7-4-10/h8H,2-7H2,1H3,(H,11,13)/t8-,15?/m1/s1. The number of nitrogens with zero attached hydrogens (tertiary/aromatic N) is 1. The van der Waals surface area contributed by atoms with Gasteiger partial charge in [-0.25, -0.2) is 9.76 Å². The quantitative estimate of drug-likeness (QED) is 0.617. The molecule has 0 aromatic heterocycles. The second-order valence-corrected chi connectivity index (χ2v) is 6.35. The summed E-state index contributed by atoms with van der Waals surface area (Å²) in [6.45, 7) is 3.67. The molecule has 0 radical (unpaired) electrons. The summed E-state index contributed by atoms with van der Waals surface area (Å²) in [5.74, 6) is 0.834. The number of hydrogen-bond donors (Lipinski definition) is 1. The van der Waals surface area contributed by atoms with Crippen molar-refractivity contribution >= 4 is 30.9 Å². The Balaban J connectivity index is 2.66. The molecule has 4 nitrogen and oxygen atoms in total. The Labute approximate surface area is 101 Å². The van der Waals surface area contributed by atoms with Crippen LogP contribution in [0.5, 0.6) is 0 Å². The Morgan fingerprint density at radius 1 is 1.47 bits per heavy atom. The first-order valence-electron chi connectivity index (χ1n) is 5.03. The molecule has 2 atom stereocenters. The predicted octanol–water partition coefficient (Wildman–Crippen LogP) is 2.27. The normalized spacial score (nSPS) is 32.1. The van der Waals surface area contributed by atoms with E-state index in [1.807, 2.05) is 6.92 Å². The zero-order chi connectivity index (χ0) is 11.3.